The van der Waals surface area contributed by atoms with Crippen molar-refractivity contribution in [2.45, 2.75) is 20.8 Å². The van der Waals surface area contributed by atoms with Crippen LogP contribution >= 0.6 is 0 Å². The zero-order valence-electron chi connectivity index (χ0n) is 12.4. The molecule has 0 amide bonds. The van der Waals surface area contributed by atoms with Crippen molar-refractivity contribution >= 4 is 17.1 Å². The van der Waals surface area contributed by atoms with Crippen LogP contribution in [0, 0.1) is 32.1 Å². The Balaban J connectivity index is 2.49. The number of anilines is 3. The number of nitrogens with two attached hydrogens (primary N) is 1. The molecule has 0 atom stereocenters. The molecule has 0 spiro atoms. The first-order valence-corrected chi connectivity index (χ1v) is 6.55. The second-order valence-electron chi connectivity index (χ2n) is 5.17. The van der Waals surface area contributed by atoms with Crippen LogP contribution in [-0.2, 0) is 0 Å². The predicted octanol–water partition coefficient (Wildman–Crippen LogP) is 3.83. The smallest absolute Gasteiger partial charge is 0.0992 e. The van der Waals surface area contributed by atoms with Crippen LogP contribution in [0.2, 0.25) is 0 Å². The molecular weight excluding hydrogens is 246 g/mol. The minimum absolute atomic E-state index is 0.580. The molecule has 3 nitrogen and oxygen atoms in total. The predicted molar refractivity (Wildman–Crippen MR) is 84.3 cm³/mol. The molecule has 0 aliphatic carbocycles. The maximum absolute atomic E-state index is 8.90. The highest BCUT2D eigenvalue weighted by Crippen LogP contribution is 2.32. The zero-order valence-corrected chi connectivity index (χ0v) is 12.4. The minimum Gasteiger partial charge on any atom is -0.397 e. The van der Waals surface area contributed by atoms with E-state index in [-0.39, 0.29) is 0 Å². The Morgan fingerprint density at radius 1 is 0.950 bits per heavy atom. The molecule has 0 saturated heterocycles. The molecule has 2 rings (SSSR count). The van der Waals surface area contributed by atoms with Crippen molar-refractivity contribution in [1.82, 2.24) is 0 Å². The first kappa shape index (κ1) is 14.0. The van der Waals surface area contributed by atoms with Crippen molar-refractivity contribution in [2.24, 2.45) is 0 Å². The Morgan fingerprint density at radius 3 is 2.20 bits per heavy atom. The van der Waals surface area contributed by atoms with Gasteiger partial charge < -0.3 is 10.6 Å². The Labute approximate surface area is 120 Å². The summed E-state index contributed by atoms with van der Waals surface area (Å²) in [7, 11) is 1.99. The molecule has 20 heavy (non-hydrogen) atoms. The monoisotopic (exact) mass is 265 g/mol. The lowest BCUT2D eigenvalue weighted by Crippen LogP contribution is -2.13. The summed E-state index contributed by atoms with van der Waals surface area (Å²) >= 11 is 0. The number of nitrogens with zero attached hydrogens (tertiary/aromatic N) is 2. The topological polar surface area (TPSA) is 53.0 Å². The van der Waals surface area contributed by atoms with Gasteiger partial charge in [0.2, 0.25) is 0 Å². The molecule has 0 heterocycles. The fourth-order valence-electron chi connectivity index (χ4n) is 2.37. The quantitative estimate of drug-likeness (QED) is 0.839. The third-order valence-electron chi connectivity index (χ3n) is 3.69. The molecule has 3 heteroatoms. The molecule has 0 aliphatic heterocycles. The van der Waals surface area contributed by atoms with Gasteiger partial charge in [0.1, 0.15) is 0 Å². The van der Waals surface area contributed by atoms with E-state index in [9.17, 15) is 0 Å². The van der Waals surface area contributed by atoms with Crippen molar-refractivity contribution in [3.63, 3.8) is 0 Å². The molecular formula is C17H19N3. The number of aryl methyl sites for hydroxylation is 3. The first-order valence-electron chi connectivity index (χ1n) is 6.55. The fraction of sp³-hybridized carbons (Fsp3) is 0.235. The molecule has 2 N–H and O–H groups in total. The summed E-state index contributed by atoms with van der Waals surface area (Å²) < 4.78 is 0. The molecule has 0 aromatic heterocycles. The molecule has 0 fully saturated rings. The van der Waals surface area contributed by atoms with E-state index in [4.69, 9.17) is 11.0 Å². The summed E-state index contributed by atoms with van der Waals surface area (Å²) in [5.41, 5.74) is 13.0. The fourth-order valence-corrected chi connectivity index (χ4v) is 2.37. The summed E-state index contributed by atoms with van der Waals surface area (Å²) in [6.45, 7) is 6.31. The van der Waals surface area contributed by atoms with Crippen LogP contribution in [0.5, 0.6) is 0 Å². The zero-order chi connectivity index (χ0) is 14.9. The Hall–Kier alpha value is -2.47. The van der Waals surface area contributed by atoms with Crippen LogP contribution in [0.25, 0.3) is 0 Å². The summed E-state index contributed by atoms with van der Waals surface area (Å²) in [4.78, 5) is 2.07. The van der Waals surface area contributed by atoms with E-state index >= 15 is 0 Å². The van der Waals surface area contributed by atoms with Crippen LogP contribution in [-0.4, -0.2) is 7.05 Å². The van der Waals surface area contributed by atoms with E-state index in [0.717, 1.165) is 11.4 Å². The lowest BCUT2D eigenvalue weighted by molar-refractivity contribution is 1.16. The summed E-state index contributed by atoms with van der Waals surface area (Å²) in [5.74, 6) is 0. The van der Waals surface area contributed by atoms with Gasteiger partial charge in [0.15, 0.2) is 0 Å². The van der Waals surface area contributed by atoms with Gasteiger partial charge in [-0.1, -0.05) is 6.07 Å². The number of rotatable bonds is 2. The van der Waals surface area contributed by atoms with Gasteiger partial charge in [-0.3, -0.25) is 0 Å². The van der Waals surface area contributed by atoms with Gasteiger partial charge in [0, 0.05) is 12.7 Å². The number of hydrogen-bond acceptors (Lipinski definition) is 3. The Bertz CT molecular complexity index is 696. The molecule has 102 valence electrons. The van der Waals surface area contributed by atoms with Gasteiger partial charge in [-0.2, -0.15) is 5.26 Å². The lowest BCUT2D eigenvalue weighted by Gasteiger charge is -2.24. The van der Waals surface area contributed by atoms with Gasteiger partial charge in [0.25, 0.3) is 0 Å². The molecule has 0 radical (unpaired) electrons. The number of hydrogen-bond donors (Lipinski definition) is 1. The summed E-state index contributed by atoms with van der Waals surface area (Å²) in [6.07, 6.45) is 0. The van der Waals surface area contributed by atoms with E-state index in [0.29, 0.717) is 11.3 Å². The van der Waals surface area contributed by atoms with Gasteiger partial charge >= 0.3 is 0 Å². The van der Waals surface area contributed by atoms with Crippen LogP contribution in [0.4, 0.5) is 17.1 Å². The molecule has 2 aromatic carbocycles. The van der Waals surface area contributed by atoms with E-state index in [2.05, 4.69) is 43.9 Å². The van der Waals surface area contributed by atoms with Crippen molar-refractivity contribution in [3.8, 4) is 6.07 Å². The maximum Gasteiger partial charge on any atom is 0.0992 e. The van der Waals surface area contributed by atoms with Crippen molar-refractivity contribution < 1.29 is 0 Å². The van der Waals surface area contributed by atoms with E-state index in [1.165, 1.54) is 16.7 Å². The molecule has 0 saturated carbocycles. The van der Waals surface area contributed by atoms with Crippen LogP contribution in [0.1, 0.15) is 22.3 Å². The average Bonchev–Trinajstić information content (AvgIpc) is 2.42. The van der Waals surface area contributed by atoms with Crippen molar-refractivity contribution in [2.75, 3.05) is 17.7 Å². The Kier molecular flexibility index (Phi) is 3.67. The lowest BCUT2D eigenvalue weighted by atomic mass is 10.0. The normalized spacial score (nSPS) is 10.2. The highest BCUT2D eigenvalue weighted by atomic mass is 15.1. The minimum atomic E-state index is 0.580. The summed E-state index contributed by atoms with van der Waals surface area (Å²) in [6, 6.07) is 11.8. The third kappa shape index (κ3) is 2.46. The van der Waals surface area contributed by atoms with Crippen molar-refractivity contribution in [3.05, 3.63) is 52.6 Å². The van der Waals surface area contributed by atoms with Gasteiger partial charge in [-0.05, 0) is 61.7 Å². The van der Waals surface area contributed by atoms with Crippen LogP contribution in [0.3, 0.4) is 0 Å². The van der Waals surface area contributed by atoms with Gasteiger partial charge in [0.05, 0.1) is 23.0 Å². The summed E-state index contributed by atoms with van der Waals surface area (Å²) in [5, 5.41) is 8.90. The molecule has 0 bridgehead atoms. The van der Waals surface area contributed by atoms with Gasteiger partial charge in [-0.15, -0.1) is 0 Å². The van der Waals surface area contributed by atoms with E-state index < -0.39 is 0 Å². The largest absolute Gasteiger partial charge is 0.397 e. The highest BCUT2D eigenvalue weighted by Gasteiger charge is 2.11. The standard InChI is InChI=1S/C17H19N3/c1-11-7-13(3)17(8-12(11)2)20(4)16-6-5-14(10-18)9-15(16)19/h5-9H,19H2,1-4H3. The molecule has 0 unspecified atom stereocenters. The van der Waals surface area contributed by atoms with E-state index in [1.807, 2.05) is 13.1 Å². The van der Waals surface area contributed by atoms with Crippen LogP contribution < -0.4 is 10.6 Å². The molecule has 0 aliphatic rings. The third-order valence-corrected chi connectivity index (χ3v) is 3.69. The second-order valence-corrected chi connectivity index (χ2v) is 5.17. The highest BCUT2D eigenvalue weighted by molar-refractivity contribution is 5.77. The number of nitriles is 1. The average molecular weight is 265 g/mol. The van der Waals surface area contributed by atoms with Gasteiger partial charge in [-0.25, -0.2) is 0 Å². The maximum atomic E-state index is 8.90. The van der Waals surface area contributed by atoms with Crippen LogP contribution in [0.15, 0.2) is 30.3 Å². The number of nitrogen functional groups attached to an aromatic ring is 1. The van der Waals surface area contributed by atoms with Crippen molar-refractivity contribution in [1.29, 1.82) is 5.26 Å². The number of benzene rings is 2. The van der Waals surface area contributed by atoms with E-state index in [1.54, 1.807) is 12.1 Å². The SMILES string of the molecule is Cc1cc(C)c(N(C)c2ccc(C#N)cc2N)cc1C. The Morgan fingerprint density at radius 2 is 1.60 bits per heavy atom. The molecule has 2 aromatic rings. The second kappa shape index (κ2) is 5.26. The first-order chi connectivity index (χ1) is 9.43.